The number of thiophene rings is 1. The van der Waals surface area contributed by atoms with E-state index in [1.165, 1.54) is 30.6 Å². The Morgan fingerprint density at radius 1 is 1.41 bits per heavy atom. The van der Waals surface area contributed by atoms with Crippen molar-refractivity contribution < 1.29 is 4.79 Å². The van der Waals surface area contributed by atoms with Crippen molar-refractivity contribution in [2.75, 3.05) is 7.05 Å². The van der Waals surface area contributed by atoms with Gasteiger partial charge in [0.2, 0.25) is 5.91 Å². The van der Waals surface area contributed by atoms with E-state index in [-0.39, 0.29) is 5.91 Å². The van der Waals surface area contributed by atoms with Gasteiger partial charge in [-0.2, -0.15) is 0 Å². The van der Waals surface area contributed by atoms with Gasteiger partial charge in [-0.15, -0.1) is 11.3 Å². The molecule has 1 aromatic rings. The summed E-state index contributed by atoms with van der Waals surface area (Å²) in [7, 11) is 1.97. The van der Waals surface area contributed by atoms with Crippen LogP contribution in [0.4, 0.5) is 0 Å². The summed E-state index contributed by atoms with van der Waals surface area (Å²) in [5, 5.41) is 2.03. The van der Waals surface area contributed by atoms with Crippen molar-refractivity contribution in [2.24, 2.45) is 5.92 Å². The molecule has 1 fully saturated rings. The van der Waals surface area contributed by atoms with Gasteiger partial charge in [0.1, 0.15) is 0 Å². The van der Waals surface area contributed by atoms with E-state index in [2.05, 4.69) is 6.92 Å². The summed E-state index contributed by atoms with van der Waals surface area (Å²) in [5.74, 6) is 1.11. The number of likely N-dealkylation sites (N-methyl/N-ethyl adjacent to an activating group) is 1. The largest absolute Gasteiger partial charge is 0.342 e. The van der Waals surface area contributed by atoms with Gasteiger partial charge in [-0.1, -0.05) is 13.0 Å². The Bertz CT molecular complexity index is 352. The lowest BCUT2D eigenvalue weighted by Crippen LogP contribution is -2.39. The van der Waals surface area contributed by atoms with Gasteiger partial charge in [0.25, 0.3) is 0 Å². The highest BCUT2D eigenvalue weighted by molar-refractivity contribution is 7.10. The Labute approximate surface area is 108 Å². The molecule has 1 aliphatic rings. The minimum atomic E-state index is 0.270. The van der Waals surface area contributed by atoms with E-state index in [1.807, 2.05) is 29.5 Å². The number of carbonyl (C=O) groups excluding carboxylic acids is 1. The Morgan fingerprint density at radius 3 is 2.71 bits per heavy atom. The molecular formula is C14H21NOS. The van der Waals surface area contributed by atoms with Crippen LogP contribution in [0.25, 0.3) is 0 Å². The van der Waals surface area contributed by atoms with Gasteiger partial charge in [0.05, 0.1) is 6.42 Å². The Morgan fingerprint density at radius 2 is 2.12 bits per heavy atom. The maximum Gasteiger partial charge on any atom is 0.227 e. The summed E-state index contributed by atoms with van der Waals surface area (Å²) in [6, 6.07) is 4.52. The first-order valence-corrected chi connectivity index (χ1v) is 7.33. The van der Waals surface area contributed by atoms with E-state index in [0.717, 1.165) is 5.92 Å². The maximum absolute atomic E-state index is 12.1. The van der Waals surface area contributed by atoms with Crippen LogP contribution >= 0.6 is 11.3 Å². The molecule has 0 aromatic carbocycles. The van der Waals surface area contributed by atoms with Crippen molar-refractivity contribution in [3.8, 4) is 0 Å². The highest BCUT2D eigenvalue weighted by Crippen LogP contribution is 2.26. The Kier molecular flexibility index (Phi) is 4.21. The standard InChI is InChI=1S/C14H21NOS/c1-11-5-7-12(8-6-11)15(2)14(16)10-13-4-3-9-17-13/h3-4,9,11-12H,5-8,10H2,1-2H3. The average Bonchev–Trinajstić information content (AvgIpc) is 2.82. The lowest BCUT2D eigenvalue weighted by molar-refractivity contribution is -0.131. The molecule has 0 radical (unpaired) electrons. The third kappa shape index (κ3) is 3.32. The van der Waals surface area contributed by atoms with Crippen LogP contribution in [-0.2, 0) is 11.2 Å². The third-order valence-corrected chi connectivity index (χ3v) is 4.71. The fraction of sp³-hybridized carbons (Fsp3) is 0.643. The fourth-order valence-corrected chi connectivity index (χ4v) is 3.22. The van der Waals surface area contributed by atoms with Gasteiger partial charge in [0, 0.05) is 18.0 Å². The zero-order valence-corrected chi connectivity index (χ0v) is 11.5. The van der Waals surface area contributed by atoms with E-state index in [9.17, 15) is 4.79 Å². The molecule has 0 atom stereocenters. The van der Waals surface area contributed by atoms with Crippen LogP contribution in [-0.4, -0.2) is 23.9 Å². The van der Waals surface area contributed by atoms with Gasteiger partial charge in [-0.3, -0.25) is 4.79 Å². The zero-order chi connectivity index (χ0) is 12.3. The van der Waals surface area contributed by atoms with E-state index in [4.69, 9.17) is 0 Å². The van der Waals surface area contributed by atoms with Crippen LogP contribution in [0.1, 0.15) is 37.5 Å². The number of rotatable bonds is 3. The van der Waals surface area contributed by atoms with Gasteiger partial charge < -0.3 is 4.90 Å². The van der Waals surface area contributed by atoms with Crippen LogP contribution in [0.2, 0.25) is 0 Å². The number of hydrogen-bond acceptors (Lipinski definition) is 2. The van der Waals surface area contributed by atoms with Crippen LogP contribution in [0, 0.1) is 5.92 Å². The molecule has 1 heterocycles. The van der Waals surface area contributed by atoms with E-state index in [1.54, 1.807) is 11.3 Å². The molecule has 17 heavy (non-hydrogen) atoms. The molecule has 3 heteroatoms. The SMILES string of the molecule is CC1CCC(N(C)C(=O)Cc2cccs2)CC1. The van der Waals surface area contributed by atoms with E-state index >= 15 is 0 Å². The first kappa shape index (κ1) is 12.6. The number of hydrogen-bond donors (Lipinski definition) is 0. The highest BCUT2D eigenvalue weighted by Gasteiger charge is 2.24. The fourth-order valence-electron chi connectivity index (χ4n) is 2.52. The molecule has 0 aliphatic heterocycles. The molecule has 1 aromatic heterocycles. The van der Waals surface area contributed by atoms with Crippen molar-refractivity contribution in [3.05, 3.63) is 22.4 Å². The Hall–Kier alpha value is -0.830. The van der Waals surface area contributed by atoms with Crippen molar-refractivity contribution in [2.45, 2.75) is 45.1 Å². The monoisotopic (exact) mass is 251 g/mol. The van der Waals surface area contributed by atoms with E-state index in [0.29, 0.717) is 12.5 Å². The maximum atomic E-state index is 12.1. The summed E-state index contributed by atoms with van der Waals surface area (Å²) < 4.78 is 0. The third-order valence-electron chi connectivity index (χ3n) is 3.83. The minimum absolute atomic E-state index is 0.270. The second-order valence-corrected chi connectivity index (χ2v) is 6.21. The first-order valence-electron chi connectivity index (χ1n) is 6.45. The van der Waals surface area contributed by atoms with Gasteiger partial charge in [-0.05, 0) is 43.0 Å². The van der Waals surface area contributed by atoms with Gasteiger partial charge in [0.15, 0.2) is 0 Å². The molecule has 1 saturated carbocycles. The predicted octanol–water partition coefficient (Wildman–Crippen LogP) is 3.33. The lowest BCUT2D eigenvalue weighted by Gasteiger charge is -2.33. The topological polar surface area (TPSA) is 20.3 Å². The van der Waals surface area contributed by atoms with Crippen molar-refractivity contribution in [1.29, 1.82) is 0 Å². The van der Waals surface area contributed by atoms with Crippen LogP contribution in [0.3, 0.4) is 0 Å². The number of amides is 1. The predicted molar refractivity (Wildman–Crippen MR) is 72.2 cm³/mol. The summed E-state index contributed by atoms with van der Waals surface area (Å²) in [5.41, 5.74) is 0. The molecule has 1 aliphatic carbocycles. The van der Waals surface area contributed by atoms with Crippen molar-refractivity contribution in [3.63, 3.8) is 0 Å². The Balaban J connectivity index is 1.86. The molecular weight excluding hydrogens is 230 g/mol. The molecule has 0 bridgehead atoms. The summed E-state index contributed by atoms with van der Waals surface area (Å²) in [6.07, 6.45) is 5.45. The van der Waals surface area contributed by atoms with Crippen LogP contribution < -0.4 is 0 Å². The normalized spacial score (nSPS) is 24.6. The lowest BCUT2D eigenvalue weighted by atomic mass is 9.86. The first-order chi connectivity index (χ1) is 8.16. The van der Waals surface area contributed by atoms with Crippen LogP contribution in [0.5, 0.6) is 0 Å². The van der Waals surface area contributed by atoms with E-state index < -0.39 is 0 Å². The molecule has 94 valence electrons. The van der Waals surface area contributed by atoms with Gasteiger partial charge in [-0.25, -0.2) is 0 Å². The molecule has 0 saturated heterocycles. The molecule has 0 unspecified atom stereocenters. The summed E-state index contributed by atoms with van der Waals surface area (Å²) >= 11 is 1.67. The smallest absolute Gasteiger partial charge is 0.227 e. The summed E-state index contributed by atoms with van der Waals surface area (Å²) in [6.45, 7) is 2.31. The second kappa shape index (κ2) is 5.67. The summed E-state index contributed by atoms with van der Waals surface area (Å²) in [4.78, 5) is 15.3. The minimum Gasteiger partial charge on any atom is -0.342 e. The molecule has 0 N–H and O–H groups in total. The highest BCUT2D eigenvalue weighted by atomic mass is 32.1. The van der Waals surface area contributed by atoms with Crippen molar-refractivity contribution in [1.82, 2.24) is 4.90 Å². The molecule has 0 spiro atoms. The number of carbonyl (C=O) groups is 1. The van der Waals surface area contributed by atoms with Crippen LogP contribution in [0.15, 0.2) is 17.5 Å². The molecule has 1 amide bonds. The second-order valence-electron chi connectivity index (χ2n) is 5.17. The van der Waals surface area contributed by atoms with Crippen molar-refractivity contribution >= 4 is 17.2 Å². The number of nitrogens with zero attached hydrogens (tertiary/aromatic N) is 1. The average molecular weight is 251 g/mol. The molecule has 2 nitrogen and oxygen atoms in total. The van der Waals surface area contributed by atoms with Gasteiger partial charge >= 0.3 is 0 Å². The zero-order valence-electron chi connectivity index (χ0n) is 10.7. The molecule has 2 rings (SSSR count). The quantitative estimate of drug-likeness (QED) is 0.807.